The van der Waals surface area contributed by atoms with E-state index in [1.807, 2.05) is 12.1 Å². The summed E-state index contributed by atoms with van der Waals surface area (Å²) in [5.74, 6) is 0. The molecule has 1 N–H and O–H groups in total. The number of H-pyrrole nitrogens is 1. The summed E-state index contributed by atoms with van der Waals surface area (Å²) in [5, 5.41) is 3.46. The third-order valence-corrected chi connectivity index (χ3v) is 3.42. The Hall–Kier alpha value is -1.04. The smallest absolute Gasteiger partial charge is 0.285 e. The summed E-state index contributed by atoms with van der Waals surface area (Å²) in [5.41, 5.74) is 1.10. The predicted octanol–water partition coefficient (Wildman–Crippen LogP) is 2.73. The number of hydrogen-bond acceptors (Lipinski definition) is 2. The van der Waals surface area contributed by atoms with Crippen LogP contribution in [0.1, 0.15) is 5.69 Å². The second kappa shape index (κ2) is 5.08. The molecular weight excluding hydrogens is 307 g/mol. The van der Waals surface area contributed by atoms with E-state index in [0.29, 0.717) is 27.5 Å². The Bertz CT molecular complexity index is 591. The number of ether oxygens (including phenoxy) is 1. The van der Waals surface area contributed by atoms with Crippen LogP contribution in [0.2, 0.25) is 5.02 Å². The van der Waals surface area contributed by atoms with Crippen LogP contribution >= 0.6 is 27.5 Å². The minimum Gasteiger partial charge on any atom is -0.378 e. The highest BCUT2D eigenvalue weighted by Gasteiger charge is 2.13. The number of nitrogens with one attached hydrogen (secondary N) is 1. The summed E-state index contributed by atoms with van der Waals surface area (Å²) in [6, 6.07) is 7.13. The van der Waals surface area contributed by atoms with Crippen LogP contribution in [0.25, 0.3) is 5.69 Å². The zero-order valence-electron chi connectivity index (χ0n) is 9.04. The molecule has 0 aliphatic heterocycles. The van der Waals surface area contributed by atoms with E-state index in [0.717, 1.165) is 0 Å². The molecular formula is C11H10BrClN2O2. The number of nitrogens with zero attached hydrogens (tertiary/aromatic N) is 1. The Morgan fingerprint density at radius 3 is 2.82 bits per heavy atom. The zero-order chi connectivity index (χ0) is 12.4. The number of aromatic nitrogens is 2. The Morgan fingerprint density at radius 2 is 2.18 bits per heavy atom. The molecule has 0 amide bonds. The molecule has 0 saturated carbocycles. The van der Waals surface area contributed by atoms with E-state index in [-0.39, 0.29) is 5.56 Å². The lowest BCUT2D eigenvalue weighted by Crippen LogP contribution is -2.14. The monoisotopic (exact) mass is 316 g/mol. The first kappa shape index (κ1) is 12.4. The molecule has 2 rings (SSSR count). The van der Waals surface area contributed by atoms with Gasteiger partial charge in [0, 0.05) is 7.11 Å². The van der Waals surface area contributed by atoms with Crippen molar-refractivity contribution < 1.29 is 4.74 Å². The molecule has 0 aliphatic carbocycles. The molecule has 0 atom stereocenters. The van der Waals surface area contributed by atoms with E-state index >= 15 is 0 Å². The molecule has 6 heteroatoms. The van der Waals surface area contributed by atoms with Crippen LogP contribution in [-0.2, 0) is 11.3 Å². The van der Waals surface area contributed by atoms with Crippen molar-refractivity contribution in [2.75, 3.05) is 7.11 Å². The fraction of sp³-hybridized carbons (Fsp3) is 0.182. The van der Waals surface area contributed by atoms with Gasteiger partial charge in [0.1, 0.15) is 4.47 Å². The van der Waals surface area contributed by atoms with Crippen LogP contribution in [0.15, 0.2) is 33.5 Å². The van der Waals surface area contributed by atoms with E-state index in [9.17, 15) is 4.79 Å². The number of halogens is 2. The molecule has 4 nitrogen and oxygen atoms in total. The van der Waals surface area contributed by atoms with Gasteiger partial charge in [0.2, 0.25) is 0 Å². The van der Waals surface area contributed by atoms with Crippen molar-refractivity contribution in [3.05, 3.63) is 49.8 Å². The first-order chi connectivity index (χ1) is 8.15. The summed E-state index contributed by atoms with van der Waals surface area (Å²) in [4.78, 5) is 12.0. The normalized spacial score (nSPS) is 10.8. The van der Waals surface area contributed by atoms with Gasteiger partial charge >= 0.3 is 0 Å². The van der Waals surface area contributed by atoms with Crippen molar-refractivity contribution in [2.45, 2.75) is 6.61 Å². The third-order valence-electron chi connectivity index (χ3n) is 2.28. The summed E-state index contributed by atoms with van der Waals surface area (Å²) in [6.45, 7) is 0.327. The summed E-state index contributed by atoms with van der Waals surface area (Å²) in [7, 11) is 1.57. The summed E-state index contributed by atoms with van der Waals surface area (Å²) >= 11 is 9.28. The Balaban J connectivity index is 2.58. The van der Waals surface area contributed by atoms with Crippen molar-refractivity contribution in [3.8, 4) is 5.69 Å². The average Bonchev–Trinajstić information content (AvgIpc) is 2.59. The largest absolute Gasteiger partial charge is 0.378 e. The molecule has 0 bridgehead atoms. The molecule has 0 saturated heterocycles. The lowest BCUT2D eigenvalue weighted by molar-refractivity contribution is 0.180. The molecule has 1 aromatic heterocycles. The molecule has 0 fully saturated rings. The van der Waals surface area contributed by atoms with E-state index in [2.05, 4.69) is 21.0 Å². The van der Waals surface area contributed by atoms with Gasteiger partial charge in [-0.1, -0.05) is 23.7 Å². The second-order valence-electron chi connectivity index (χ2n) is 3.43. The van der Waals surface area contributed by atoms with Crippen LogP contribution in [0, 0.1) is 0 Å². The van der Waals surface area contributed by atoms with Crippen LogP contribution in [0.3, 0.4) is 0 Å². The molecule has 0 aliphatic rings. The van der Waals surface area contributed by atoms with Gasteiger partial charge in [-0.05, 0) is 28.1 Å². The molecule has 0 unspecified atom stereocenters. The minimum atomic E-state index is -0.190. The van der Waals surface area contributed by atoms with E-state index in [4.69, 9.17) is 16.3 Å². The molecule has 17 heavy (non-hydrogen) atoms. The standard InChI is InChI=1S/C11H10BrClN2O2/c1-17-6-8-10(12)11(16)15(14-8)9-5-3-2-4-7(9)13/h2-5,14H,6H2,1H3. The minimum absolute atomic E-state index is 0.190. The molecule has 1 aromatic carbocycles. The van der Waals surface area contributed by atoms with Crippen molar-refractivity contribution in [1.29, 1.82) is 0 Å². The Kier molecular flexibility index (Phi) is 3.71. The first-order valence-corrected chi connectivity index (χ1v) is 6.05. The molecule has 0 radical (unpaired) electrons. The number of para-hydroxylation sites is 1. The summed E-state index contributed by atoms with van der Waals surface area (Å²) in [6.07, 6.45) is 0. The fourth-order valence-corrected chi connectivity index (χ4v) is 2.11. The van der Waals surface area contributed by atoms with E-state index in [1.165, 1.54) is 4.68 Å². The molecule has 1 heterocycles. The van der Waals surface area contributed by atoms with Gasteiger partial charge in [-0.3, -0.25) is 9.89 Å². The first-order valence-electron chi connectivity index (χ1n) is 4.88. The molecule has 90 valence electrons. The average molecular weight is 318 g/mol. The number of rotatable bonds is 3. The highest BCUT2D eigenvalue weighted by atomic mass is 79.9. The third kappa shape index (κ3) is 2.31. The van der Waals surface area contributed by atoms with E-state index in [1.54, 1.807) is 19.2 Å². The maximum Gasteiger partial charge on any atom is 0.285 e. The number of methoxy groups -OCH3 is 1. The van der Waals surface area contributed by atoms with Crippen LogP contribution in [-0.4, -0.2) is 16.9 Å². The van der Waals surface area contributed by atoms with Crippen molar-refractivity contribution in [2.24, 2.45) is 0 Å². The number of aromatic amines is 1. The van der Waals surface area contributed by atoms with Gasteiger partial charge in [0.25, 0.3) is 5.56 Å². The predicted molar refractivity (Wildman–Crippen MR) is 69.8 cm³/mol. The quantitative estimate of drug-likeness (QED) is 0.946. The highest BCUT2D eigenvalue weighted by molar-refractivity contribution is 9.10. The van der Waals surface area contributed by atoms with Gasteiger partial charge < -0.3 is 4.74 Å². The van der Waals surface area contributed by atoms with Gasteiger partial charge in [0.05, 0.1) is 23.0 Å². The van der Waals surface area contributed by atoms with Crippen molar-refractivity contribution >= 4 is 27.5 Å². The fourth-order valence-electron chi connectivity index (χ4n) is 1.50. The zero-order valence-corrected chi connectivity index (χ0v) is 11.4. The molecule has 2 aromatic rings. The van der Waals surface area contributed by atoms with Gasteiger partial charge in [-0.2, -0.15) is 0 Å². The maximum atomic E-state index is 12.0. The van der Waals surface area contributed by atoms with Crippen molar-refractivity contribution in [3.63, 3.8) is 0 Å². The van der Waals surface area contributed by atoms with E-state index < -0.39 is 0 Å². The van der Waals surface area contributed by atoms with Crippen LogP contribution in [0.5, 0.6) is 0 Å². The van der Waals surface area contributed by atoms with Crippen molar-refractivity contribution in [1.82, 2.24) is 9.78 Å². The van der Waals surface area contributed by atoms with Gasteiger partial charge in [-0.15, -0.1) is 0 Å². The van der Waals surface area contributed by atoms with Crippen LogP contribution in [0.4, 0.5) is 0 Å². The van der Waals surface area contributed by atoms with Gasteiger partial charge in [0.15, 0.2) is 0 Å². The maximum absolute atomic E-state index is 12.0. The van der Waals surface area contributed by atoms with Gasteiger partial charge in [-0.25, -0.2) is 4.68 Å². The highest BCUT2D eigenvalue weighted by Crippen LogP contribution is 2.20. The molecule has 0 spiro atoms. The lowest BCUT2D eigenvalue weighted by Gasteiger charge is -2.03. The lowest BCUT2D eigenvalue weighted by atomic mass is 10.3. The topological polar surface area (TPSA) is 47.0 Å². The number of benzene rings is 1. The number of hydrogen-bond donors (Lipinski definition) is 1. The SMILES string of the molecule is COCc1[nH]n(-c2ccccc2Cl)c(=O)c1Br. The second-order valence-corrected chi connectivity index (χ2v) is 4.63. The summed E-state index contributed by atoms with van der Waals surface area (Å²) < 4.78 is 6.84. The Labute approximate surface area is 111 Å². The van der Waals surface area contributed by atoms with Crippen LogP contribution < -0.4 is 5.56 Å². The Morgan fingerprint density at radius 1 is 1.47 bits per heavy atom.